The van der Waals surface area contributed by atoms with E-state index in [0.29, 0.717) is 18.7 Å². The number of thiol groups is 1. The highest BCUT2D eigenvalue weighted by molar-refractivity contribution is 7.80. The van der Waals surface area contributed by atoms with Crippen molar-refractivity contribution in [2.24, 2.45) is 0 Å². The maximum Gasteiger partial charge on any atom is 0.221 e. The summed E-state index contributed by atoms with van der Waals surface area (Å²) < 4.78 is 0. The first-order chi connectivity index (χ1) is 6.77. The Labute approximate surface area is 94.1 Å². The zero-order valence-corrected chi connectivity index (χ0v) is 9.96. The smallest absolute Gasteiger partial charge is 0.221 e. The lowest BCUT2D eigenvalue weighted by atomic mass is 10.2. The van der Waals surface area contributed by atoms with Crippen LogP contribution in [0.4, 0.5) is 0 Å². The van der Waals surface area contributed by atoms with Crippen molar-refractivity contribution in [2.45, 2.75) is 26.3 Å². The van der Waals surface area contributed by atoms with E-state index in [1.807, 2.05) is 0 Å². The van der Waals surface area contributed by atoms with Crippen LogP contribution in [0, 0.1) is 0 Å². The molecule has 1 heterocycles. The van der Waals surface area contributed by atoms with E-state index >= 15 is 0 Å². The molecule has 0 fully saturated rings. The predicted molar refractivity (Wildman–Crippen MR) is 64.0 cm³/mol. The second kappa shape index (κ2) is 6.09. The lowest BCUT2D eigenvalue weighted by Crippen LogP contribution is -2.22. The number of amides is 1. The van der Waals surface area contributed by atoms with Crippen molar-refractivity contribution in [3.05, 3.63) is 21.9 Å². The van der Waals surface area contributed by atoms with Crippen LogP contribution in [-0.4, -0.2) is 11.7 Å². The Morgan fingerprint density at radius 3 is 3.07 bits per heavy atom. The van der Waals surface area contributed by atoms with Crippen LogP contribution in [-0.2, 0) is 17.8 Å². The molecule has 0 saturated heterocycles. The molecule has 1 aromatic rings. The van der Waals surface area contributed by atoms with E-state index < -0.39 is 0 Å². The summed E-state index contributed by atoms with van der Waals surface area (Å²) in [5.74, 6) is 0.687. The van der Waals surface area contributed by atoms with Gasteiger partial charge in [-0.05, 0) is 29.2 Å². The van der Waals surface area contributed by atoms with Crippen LogP contribution in [0.1, 0.15) is 23.8 Å². The third-order valence-electron chi connectivity index (χ3n) is 2.00. The minimum absolute atomic E-state index is 0.0791. The maximum atomic E-state index is 11.2. The van der Waals surface area contributed by atoms with Crippen molar-refractivity contribution >= 4 is 29.9 Å². The molecule has 0 bridgehead atoms. The first-order valence-corrected chi connectivity index (χ1v) is 6.22. The summed E-state index contributed by atoms with van der Waals surface area (Å²) >= 11 is 5.71. The molecule has 1 aromatic heterocycles. The number of hydrogen-bond donors (Lipinski definition) is 2. The van der Waals surface area contributed by atoms with Crippen LogP contribution in [0.2, 0.25) is 0 Å². The van der Waals surface area contributed by atoms with Crippen molar-refractivity contribution in [3.63, 3.8) is 0 Å². The van der Waals surface area contributed by atoms with E-state index in [1.165, 1.54) is 10.4 Å². The number of thiophene rings is 1. The molecule has 0 atom stereocenters. The summed E-state index contributed by atoms with van der Waals surface area (Å²) in [6.45, 7) is 2.79. The van der Waals surface area contributed by atoms with E-state index in [4.69, 9.17) is 0 Å². The molecule has 0 unspecified atom stereocenters. The fourth-order valence-corrected chi connectivity index (χ4v) is 2.32. The van der Waals surface area contributed by atoms with Crippen molar-refractivity contribution < 1.29 is 4.79 Å². The van der Waals surface area contributed by atoms with E-state index in [2.05, 4.69) is 36.3 Å². The van der Waals surface area contributed by atoms with Crippen molar-refractivity contribution in [1.82, 2.24) is 5.32 Å². The lowest BCUT2D eigenvalue weighted by Gasteiger charge is -2.03. The summed E-state index contributed by atoms with van der Waals surface area (Å²) in [6, 6.07) is 2.12. The molecule has 0 spiro atoms. The molecular formula is C10H15NOS2. The molecule has 1 N–H and O–H groups in total. The predicted octanol–water partition coefficient (Wildman–Crippen LogP) is 2.25. The fourth-order valence-electron chi connectivity index (χ4n) is 1.21. The summed E-state index contributed by atoms with van der Waals surface area (Å²) in [4.78, 5) is 12.4. The van der Waals surface area contributed by atoms with Crippen LogP contribution >= 0.6 is 24.0 Å². The molecular weight excluding hydrogens is 214 g/mol. The number of nitrogens with one attached hydrogen (secondary N) is 1. The highest BCUT2D eigenvalue weighted by Gasteiger charge is 2.04. The quantitative estimate of drug-likeness (QED) is 0.745. The number of aryl methyl sites for hydroxylation is 1. The molecule has 0 saturated carbocycles. The Kier molecular flexibility index (Phi) is 5.04. The van der Waals surface area contributed by atoms with Gasteiger partial charge in [-0.3, -0.25) is 4.79 Å². The normalized spacial score (nSPS) is 10.1. The summed E-state index contributed by atoms with van der Waals surface area (Å²) in [7, 11) is 0. The topological polar surface area (TPSA) is 29.1 Å². The van der Waals surface area contributed by atoms with Gasteiger partial charge in [0.25, 0.3) is 0 Å². The zero-order valence-electron chi connectivity index (χ0n) is 8.25. The van der Waals surface area contributed by atoms with Gasteiger partial charge in [-0.1, -0.05) is 6.92 Å². The van der Waals surface area contributed by atoms with Gasteiger partial charge in [0.05, 0.1) is 6.54 Å². The standard InChI is InChI=1S/C10H15NOS2/c1-2-8-4-6-14-9(8)7-11-10(12)3-5-13/h4,6,13H,2-3,5,7H2,1H3,(H,11,12). The second-order valence-electron chi connectivity index (χ2n) is 2.97. The molecule has 14 heavy (non-hydrogen) atoms. The van der Waals surface area contributed by atoms with Gasteiger partial charge >= 0.3 is 0 Å². The second-order valence-corrected chi connectivity index (χ2v) is 4.42. The van der Waals surface area contributed by atoms with E-state index in [9.17, 15) is 4.79 Å². The SMILES string of the molecule is CCc1ccsc1CNC(=O)CCS. The van der Waals surface area contributed by atoms with Gasteiger partial charge in [0.15, 0.2) is 0 Å². The molecule has 4 heteroatoms. The Morgan fingerprint density at radius 1 is 1.64 bits per heavy atom. The minimum Gasteiger partial charge on any atom is -0.351 e. The third-order valence-corrected chi connectivity index (χ3v) is 3.19. The van der Waals surface area contributed by atoms with E-state index in [-0.39, 0.29) is 5.91 Å². The summed E-state index contributed by atoms with van der Waals surface area (Å²) in [5, 5.41) is 4.95. The van der Waals surface area contributed by atoms with Gasteiger partial charge in [0.2, 0.25) is 5.91 Å². The Morgan fingerprint density at radius 2 is 2.43 bits per heavy atom. The van der Waals surface area contributed by atoms with Gasteiger partial charge in [0, 0.05) is 11.3 Å². The Bertz CT molecular complexity index is 296. The van der Waals surface area contributed by atoms with Gasteiger partial charge in [0.1, 0.15) is 0 Å². The van der Waals surface area contributed by atoms with Crippen LogP contribution < -0.4 is 5.32 Å². The average molecular weight is 229 g/mol. The van der Waals surface area contributed by atoms with Crippen LogP contribution in [0.15, 0.2) is 11.4 Å². The molecule has 2 nitrogen and oxygen atoms in total. The third kappa shape index (κ3) is 3.35. The average Bonchev–Trinajstić information content (AvgIpc) is 2.62. The van der Waals surface area contributed by atoms with Crippen molar-refractivity contribution in [2.75, 3.05) is 5.75 Å². The maximum absolute atomic E-state index is 11.2. The lowest BCUT2D eigenvalue weighted by molar-refractivity contribution is -0.120. The largest absolute Gasteiger partial charge is 0.351 e. The summed E-state index contributed by atoms with van der Waals surface area (Å²) in [5.41, 5.74) is 1.33. The first-order valence-electron chi connectivity index (χ1n) is 4.70. The van der Waals surface area contributed by atoms with E-state index in [0.717, 1.165) is 6.42 Å². The highest BCUT2D eigenvalue weighted by Crippen LogP contribution is 2.16. The monoisotopic (exact) mass is 229 g/mol. The van der Waals surface area contributed by atoms with Crippen molar-refractivity contribution in [1.29, 1.82) is 0 Å². The number of rotatable bonds is 5. The van der Waals surface area contributed by atoms with E-state index in [1.54, 1.807) is 11.3 Å². The number of carbonyl (C=O) groups excluding carboxylic acids is 1. The van der Waals surface area contributed by atoms with Gasteiger partial charge in [-0.2, -0.15) is 12.6 Å². The Balaban J connectivity index is 2.41. The van der Waals surface area contributed by atoms with Crippen LogP contribution in [0.5, 0.6) is 0 Å². The highest BCUT2D eigenvalue weighted by atomic mass is 32.1. The van der Waals surface area contributed by atoms with Crippen LogP contribution in [0.25, 0.3) is 0 Å². The van der Waals surface area contributed by atoms with Crippen molar-refractivity contribution in [3.8, 4) is 0 Å². The Hall–Kier alpha value is -0.480. The minimum atomic E-state index is 0.0791. The molecule has 0 aliphatic heterocycles. The van der Waals surface area contributed by atoms with Crippen LogP contribution in [0.3, 0.4) is 0 Å². The van der Waals surface area contributed by atoms with Gasteiger partial charge in [-0.15, -0.1) is 11.3 Å². The first kappa shape index (κ1) is 11.6. The summed E-state index contributed by atoms with van der Waals surface area (Å²) in [6.07, 6.45) is 1.53. The number of hydrogen-bond acceptors (Lipinski definition) is 3. The molecule has 1 rings (SSSR count). The van der Waals surface area contributed by atoms with Gasteiger partial charge < -0.3 is 5.32 Å². The molecule has 1 amide bonds. The number of carbonyl (C=O) groups is 1. The molecule has 0 aliphatic rings. The molecule has 0 aromatic carbocycles. The van der Waals surface area contributed by atoms with Gasteiger partial charge in [-0.25, -0.2) is 0 Å². The fraction of sp³-hybridized carbons (Fsp3) is 0.500. The molecule has 0 radical (unpaired) electrons. The zero-order chi connectivity index (χ0) is 10.4. The molecule has 78 valence electrons. The molecule has 0 aliphatic carbocycles.